The van der Waals surface area contributed by atoms with Crippen molar-refractivity contribution in [1.82, 2.24) is 30.1 Å². The standard InChI is InChI=1S/C25H36N6O3/c1-16(2)23(24-27-28-29-31(24)8-10-33-5)30(15-21-7-6-9-34-21)14-20-13-19-11-17(3)18(4)12-22(19)26-25(20)32/h11-13,16,21,23H,6-10,14-15H2,1-5H3,(H,26,32). The van der Waals surface area contributed by atoms with Crippen molar-refractivity contribution in [3.8, 4) is 0 Å². The number of methoxy groups -OCH3 is 1. The summed E-state index contributed by atoms with van der Waals surface area (Å²) < 4.78 is 13.1. The van der Waals surface area contributed by atoms with Gasteiger partial charge in [0.2, 0.25) is 0 Å². The van der Waals surface area contributed by atoms with Crippen LogP contribution in [0.15, 0.2) is 23.0 Å². The van der Waals surface area contributed by atoms with E-state index in [0.717, 1.165) is 41.7 Å². The number of rotatable bonds is 10. The molecule has 3 heterocycles. The molecular weight excluding hydrogens is 432 g/mol. The molecule has 0 saturated carbocycles. The van der Waals surface area contributed by atoms with Crippen LogP contribution in [0.4, 0.5) is 0 Å². The van der Waals surface area contributed by atoms with Crippen LogP contribution >= 0.6 is 0 Å². The predicted octanol–water partition coefficient (Wildman–Crippen LogP) is 3.16. The number of H-pyrrole nitrogens is 1. The largest absolute Gasteiger partial charge is 0.383 e. The molecule has 1 aromatic carbocycles. The van der Waals surface area contributed by atoms with E-state index in [1.54, 1.807) is 7.11 Å². The maximum Gasteiger partial charge on any atom is 0.252 e. The zero-order chi connectivity index (χ0) is 24.2. The van der Waals surface area contributed by atoms with Crippen LogP contribution in [0.25, 0.3) is 10.9 Å². The van der Waals surface area contributed by atoms with E-state index >= 15 is 0 Å². The van der Waals surface area contributed by atoms with Gasteiger partial charge in [0.05, 0.1) is 25.3 Å². The van der Waals surface area contributed by atoms with E-state index in [0.29, 0.717) is 26.2 Å². The fourth-order valence-corrected chi connectivity index (χ4v) is 4.83. The SMILES string of the molecule is COCCn1nnnc1C(C(C)C)N(Cc1cc2cc(C)c(C)cc2[nH]c1=O)CC1CCCO1. The van der Waals surface area contributed by atoms with Crippen molar-refractivity contribution >= 4 is 10.9 Å². The van der Waals surface area contributed by atoms with E-state index in [2.05, 4.69) is 59.2 Å². The van der Waals surface area contributed by atoms with Gasteiger partial charge in [-0.1, -0.05) is 13.8 Å². The molecule has 1 aliphatic rings. The molecule has 184 valence electrons. The third-order valence-corrected chi connectivity index (χ3v) is 6.73. The monoisotopic (exact) mass is 468 g/mol. The number of benzene rings is 1. The van der Waals surface area contributed by atoms with Gasteiger partial charge in [0, 0.05) is 37.9 Å². The summed E-state index contributed by atoms with van der Waals surface area (Å²) in [7, 11) is 1.67. The molecule has 34 heavy (non-hydrogen) atoms. The van der Waals surface area contributed by atoms with Crippen molar-refractivity contribution < 1.29 is 9.47 Å². The quantitative estimate of drug-likeness (QED) is 0.488. The highest BCUT2D eigenvalue weighted by molar-refractivity contribution is 5.80. The number of hydrogen-bond donors (Lipinski definition) is 1. The molecule has 0 amide bonds. The summed E-state index contributed by atoms with van der Waals surface area (Å²) in [6.07, 6.45) is 2.21. The lowest BCUT2D eigenvalue weighted by atomic mass is 9.99. The number of aryl methyl sites for hydroxylation is 2. The molecule has 9 nitrogen and oxygen atoms in total. The van der Waals surface area contributed by atoms with Crippen molar-refractivity contribution in [2.45, 2.75) is 65.8 Å². The molecule has 0 aliphatic carbocycles. The fourth-order valence-electron chi connectivity index (χ4n) is 4.83. The van der Waals surface area contributed by atoms with Crippen molar-refractivity contribution in [2.24, 2.45) is 5.92 Å². The van der Waals surface area contributed by atoms with E-state index < -0.39 is 0 Å². The lowest BCUT2D eigenvalue weighted by Crippen LogP contribution is -2.40. The second kappa shape index (κ2) is 10.8. The zero-order valence-electron chi connectivity index (χ0n) is 20.9. The summed E-state index contributed by atoms with van der Waals surface area (Å²) in [6, 6.07) is 6.13. The van der Waals surface area contributed by atoms with Gasteiger partial charge < -0.3 is 14.5 Å². The third-order valence-electron chi connectivity index (χ3n) is 6.73. The number of fused-ring (bicyclic) bond motifs is 1. The summed E-state index contributed by atoms with van der Waals surface area (Å²) in [5.74, 6) is 1.01. The highest BCUT2D eigenvalue weighted by Crippen LogP contribution is 2.30. The lowest BCUT2D eigenvalue weighted by molar-refractivity contribution is 0.0379. The number of tetrazole rings is 1. The Hall–Kier alpha value is -2.62. The molecule has 3 aromatic rings. The molecule has 9 heteroatoms. The number of ether oxygens (including phenoxy) is 2. The van der Waals surface area contributed by atoms with E-state index in [4.69, 9.17) is 9.47 Å². The number of pyridine rings is 1. The first kappa shape index (κ1) is 24.5. The number of nitrogens with zero attached hydrogens (tertiary/aromatic N) is 5. The highest BCUT2D eigenvalue weighted by atomic mass is 16.5. The molecule has 0 radical (unpaired) electrons. The predicted molar refractivity (Wildman–Crippen MR) is 131 cm³/mol. The summed E-state index contributed by atoms with van der Waals surface area (Å²) >= 11 is 0. The molecule has 4 rings (SSSR count). The maximum absolute atomic E-state index is 13.1. The van der Waals surface area contributed by atoms with Crippen LogP contribution in [0, 0.1) is 19.8 Å². The number of nitrogens with one attached hydrogen (secondary N) is 1. The molecule has 0 spiro atoms. The van der Waals surface area contributed by atoms with Gasteiger partial charge in [-0.15, -0.1) is 5.10 Å². The second-order valence-electron chi connectivity index (χ2n) is 9.65. The first-order valence-corrected chi connectivity index (χ1v) is 12.1. The minimum Gasteiger partial charge on any atom is -0.383 e. The van der Waals surface area contributed by atoms with Gasteiger partial charge in [0.25, 0.3) is 5.56 Å². The molecule has 0 bridgehead atoms. The molecular formula is C25H36N6O3. The van der Waals surface area contributed by atoms with E-state index in [1.807, 2.05) is 16.8 Å². The van der Waals surface area contributed by atoms with Gasteiger partial charge >= 0.3 is 0 Å². The van der Waals surface area contributed by atoms with Crippen molar-refractivity contribution in [1.29, 1.82) is 0 Å². The zero-order valence-corrected chi connectivity index (χ0v) is 20.9. The Balaban J connectivity index is 1.72. The van der Waals surface area contributed by atoms with Crippen LogP contribution in [-0.4, -0.2) is 63.1 Å². The molecule has 2 aromatic heterocycles. The highest BCUT2D eigenvalue weighted by Gasteiger charge is 2.32. The van der Waals surface area contributed by atoms with E-state index in [1.165, 1.54) is 11.1 Å². The Kier molecular flexibility index (Phi) is 7.75. The summed E-state index contributed by atoms with van der Waals surface area (Å²) in [4.78, 5) is 18.5. The maximum atomic E-state index is 13.1. The van der Waals surface area contributed by atoms with Gasteiger partial charge in [-0.25, -0.2) is 4.68 Å². The fraction of sp³-hybridized carbons (Fsp3) is 0.600. The van der Waals surface area contributed by atoms with Crippen LogP contribution in [0.1, 0.15) is 55.2 Å². The van der Waals surface area contributed by atoms with Gasteiger partial charge in [0.15, 0.2) is 5.82 Å². The average Bonchev–Trinajstić information content (AvgIpc) is 3.46. The summed E-state index contributed by atoms with van der Waals surface area (Å²) in [5, 5.41) is 13.6. The van der Waals surface area contributed by atoms with E-state index in [-0.39, 0.29) is 23.6 Å². The first-order chi connectivity index (χ1) is 16.4. The third kappa shape index (κ3) is 5.37. The number of hydrogen-bond acceptors (Lipinski definition) is 7. The first-order valence-electron chi connectivity index (χ1n) is 12.1. The van der Waals surface area contributed by atoms with Gasteiger partial charge in [-0.3, -0.25) is 9.69 Å². The van der Waals surface area contributed by atoms with Crippen molar-refractivity contribution in [2.75, 3.05) is 26.9 Å². The summed E-state index contributed by atoms with van der Waals surface area (Å²) in [5.41, 5.74) is 3.91. The topological polar surface area (TPSA) is 98.2 Å². The molecule has 1 saturated heterocycles. The van der Waals surface area contributed by atoms with Crippen LogP contribution < -0.4 is 5.56 Å². The van der Waals surface area contributed by atoms with Crippen LogP contribution in [-0.2, 0) is 22.6 Å². The second-order valence-corrected chi connectivity index (χ2v) is 9.65. The van der Waals surface area contributed by atoms with Gasteiger partial charge in [-0.05, 0) is 77.7 Å². The Morgan fingerprint density at radius 2 is 2.06 bits per heavy atom. The smallest absolute Gasteiger partial charge is 0.252 e. The molecule has 1 aliphatic heterocycles. The van der Waals surface area contributed by atoms with E-state index in [9.17, 15) is 4.79 Å². The van der Waals surface area contributed by atoms with Crippen LogP contribution in [0.5, 0.6) is 0 Å². The Labute approximate surface area is 200 Å². The molecule has 2 atom stereocenters. The minimum absolute atomic E-state index is 0.0606. The lowest BCUT2D eigenvalue weighted by Gasteiger charge is -2.35. The summed E-state index contributed by atoms with van der Waals surface area (Å²) in [6.45, 7) is 11.6. The van der Waals surface area contributed by atoms with Gasteiger partial charge in [-0.2, -0.15) is 0 Å². The van der Waals surface area contributed by atoms with Crippen molar-refractivity contribution in [3.05, 3.63) is 51.1 Å². The molecule has 1 fully saturated rings. The molecule has 2 unspecified atom stereocenters. The molecule has 1 N–H and O–H groups in total. The normalized spacial score (nSPS) is 17.3. The van der Waals surface area contributed by atoms with Crippen molar-refractivity contribution in [3.63, 3.8) is 0 Å². The Morgan fingerprint density at radius 1 is 1.26 bits per heavy atom. The van der Waals surface area contributed by atoms with Crippen LogP contribution in [0.2, 0.25) is 0 Å². The number of aromatic amines is 1. The Bertz CT molecular complexity index is 1170. The Morgan fingerprint density at radius 3 is 2.76 bits per heavy atom. The number of aromatic nitrogens is 5. The minimum atomic E-state index is -0.0779. The average molecular weight is 469 g/mol. The van der Waals surface area contributed by atoms with Crippen LogP contribution in [0.3, 0.4) is 0 Å². The van der Waals surface area contributed by atoms with Gasteiger partial charge in [0.1, 0.15) is 0 Å².